The van der Waals surface area contributed by atoms with Crippen molar-refractivity contribution in [1.29, 1.82) is 0 Å². The standard InChI is InChI=1S/C28H22ClN3O3S/c1-18-23(22-9-5-6-10-24(22)31(18)16-19-7-3-2-4-8-19)15-25-27(34)32(28(35)36-25)17-26(33)30-21-13-11-20(29)12-14-21/h2-15H,16-17H2,1H3,(H,30,33)/b25-15-. The SMILES string of the molecule is Cc1c(/C=C2\SC(=O)N(CC(=O)Nc3ccc(Cl)cc3)C2=O)c2ccccc2n1Cc1ccccc1. The summed E-state index contributed by atoms with van der Waals surface area (Å²) in [4.78, 5) is 39.5. The molecule has 8 heteroatoms. The van der Waals surface area contributed by atoms with Crippen LogP contribution in [0.15, 0.2) is 83.8 Å². The second-order valence-corrected chi connectivity index (χ2v) is 9.84. The molecular weight excluding hydrogens is 494 g/mol. The van der Waals surface area contributed by atoms with Crippen LogP contribution in [0.25, 0.3) is 17.0 Å². The average Bonchev–Trinajstić information content (AvgIpc) is 3.29. The minimum Gasteiger partial charge on any atom is -0.340 e. The third kappa shape index (κ3) is 4.80. The molecule has 5 rings (SSSR count). The third-order valence-electron chi connectivity index (χ3n) is 6.04. The molecule has 1 aliphatic rings. The van der Waals surface area contributed by atoms with E-state index in [9.17, 15) is 14.4 Å². The lowest BCUT2D eigenvalue weighted by atomic mass is 10.1. The highest BCUT2D eigenvalue weighted by molar-refractivity contribution is 8.18. The summed E-state index contributed by atoms with van der Waals surface area (Å²) in [5.41, 5.74) is 4.63. The Morgan fingerprint density at radius 2 is 1.67 bits per heavy atom. The average molecular weight is 516 g/mol. The Morgan fingerprint density at radius 3 is 2.42 bits per heavy atom. The minimum absolute atomic E-state index is 0.296. The number of nitrogens with zero attached hydrogens (tertiary/aromatic N) is 2. The molecule has 3 aromatic carbocycles. The van der Waals surface area contributed by atoms with Gasteiger partial charge in [0.2, 0.25) is 5.91 Å². The molecule has 0 saturated carbocycles. The first kappa shape index (κ1) is 23.9. The molecule has 6 nitrogen and oxygen atoms in total. The molecule has 0 bridgehead atoms. The van der Waals surface area contributed by atoms with E-state index in [4.69, 9.17) is 11.6 Å². The normalized spacial score (nSPS) is 14.7. The van der Waals surface area contributed by atoms with Crippen LogP contribution in [-0.2, 0) is 16.1 Å². The molecule has 0 spiro atoms. The molecule has 1 aliphatic heterocycles. The van der Waals surface area contributed by atoms with Crippen molar-refractivity contribution < 1.29 is 14.4 Å². The number of aromatic nitrogens is 1. The molecule has 2 heterocycles. The van der Waals surface area contributed by atoms with Crippen molar-refractivity contribution in [2.45, 2.75) is 13.5 Å². The number of carbonyl (C=O) groups is 3. The molecular formula is C28H22ClN3O3S. The van der Waals surface area contributed by atoms with E-state index in [1.165, 1.54) is 5.56 Å². The molecule has 1 N–H and O–H groups in total. The molecule has 0 atom stereocenters. The smallest absolute Gasteiger partial charge is 0.294 e. The molecule has 0 unspecified atom stereocenters. The highest BCUT2D eigenvalue weighted by atomic mass is 35.5. The molecule has 36 heavy (non-hydrogen) atoms. The first-order chi connectivity index (χ1) is 17.4. The maximum atomic E-state index is 13.1. The third-order valence-corrected chi connectivity index (χ3v) is 7.20. The van der Waals surface area contributed by atoms with E-state index in [0.717, 1.165) is 38.8 Å². The number of para-hydroxylation sites is 1. The van der Waals surface area contributed by atoms with Crippen molar-refractivity contribution in [2.24, 2.45) is 0 Å². The van der Waals surface area contributed by atoms with Gasteiger partial charge in [-0.1, -0.05) is 60.1 Å². The van der Waals surface area contributed by atoms with E-state index < -0.39 is 17.1 Å². The topological polar surface area (TPSA) is 71.4 Å². The molecule has 0 radical (unpaired) electrons. The van der Waals surface area contributed by atoms with Crippen LogP contribution >= 0.6 is 23.4 Å². The van der Waals surface area contributed by atoms with Crippen LogP contribution in [0, 0.1) is 6.92 Å². The zero-order chi connectivity index (χ0) is 25.2. The van der Waals surface area contributed by atoms with E-state index in [1.807, 2.05) is 43.3 Å². The minimum atomic E-state index is -0.476. The molecule has 1 aromatic heterocycles. The van der Waals surface area contributed by atoms with Crippen molar-refractivity contribution in [3.8, 4) is 0 Å². The fourth-order valence-corrected chi connectivity index (χ4v) is 5.20. The Kier molecular flexibility index (Phi) is 6.67. The summed E-state index contributed by atoms with van der Waals surface area (Å²) in [5, 5.41) is 3.76. The zero-order valence-electron chi connectivity index (χ0n) is 19.4. The maximum Gasteiger partial charge on any atom is 0.294 e. The number of amides is 3. The van der Waals surface area contributed by atoms with Gasteiger partial charge < -0.3 is 9.88 Å². The van der Waals surface area contributed by atoms with Gasteiger partial charge in [-0.05, 0) is 60.7 Å². The van der Waals surface area contributed by atoms with Gasteiger partial charge in [-0.3, -0.25) is 19.3 Å². The molecule has 3 amide bonds. The number of anilines is 1. The number of rotatable bonds is 6. The number of hydrogen-bond acceptors (Lipinski definition) is 4. The van der Waals surface area contributed by atoms with Crippen LogP contribution in [0.3, 0.4) is 0 Å². The van der Waals surface area contributed by atoms with Gasteiger partial charge >= 0.3 is 0 Å². The second kappa shape index (κ2) is 10.0. The van der Waals surface area contributed by atoms with Crippen molar-refractivity contribution in [1.82, 2.24) is 9.47 Å². The highest BCUT2D eigenvalue weighted by Crippen LogP contribution is 2.35. The Morgan fingerprint density at radius 1 is 0.972 bits per heavy atom. The predicted molar refractivity (Wildman–Crippen MR) is 145 cm³/mol. The summed E-state index contributed by atoms with van der Waals surface area (Å²) >= 11 is 6.72. The van der Waals surface area contributed by atoms with Gasteiger partial charge in [-0.15, -0.1) is 0 Å². The lowest BCUT2D eigenvalue weighted by molar-refractivity contribution is -0.127. The first-order valence-electron chi connectivity index (χ1n) is 11.3. The predicted octanol–water partition coefficient (Wildman–Crippen LogP) is 6.33. The van der Waals surface area contributed by atoms with E-state index >= 15 is 0 Å². The fourth-order valence-electron chi connectivity index (χ4n) is 4.25. The Bertz CT molecular complexity index is 1510. The van der Waals surface area contributed by atoms with Gasteiger partial charge in [-0.2, -0.15) is 0 Å². The van der Waals surface area contributed by atoms with Crippen molar-refractivity contribution in [3.05, 3.63) is 106 Å². The molecule has 1 fully saturated rings. The number of carbonyl (C=O) groups excluding carboxylic acids is 3. The summed E-state index contributed by atoms with van der Waals surface area (Å²) in [5.74, 6) is -0.938. The number of imide groups is 1. The lowest BCUT2D eigenvalue weighted by Crippen LogP contribution is -2.36. The summed E-state index contributed by atoms with van der Waals surface area (Å²) in [6.07, 6.45) is 1.77. The van der Waals surface area contributed by atoms with Crippen LogP contribution < -0.4 is 5.32 Å². The van der Waals surface area contributed by atoms with E-state index in [1.54, 1.807) is 30.3 Å². The Balaban J connectivity index is 1.40. The monoisotopic (exact) mass is 515 g/mol. The van der Waals surface area contributed by atoms with Crippen LogP contribution in [0.1, 0.15) is 16.8 Å². The summed E-state index contributed by atoms with van der Waals surface area (Å²) in [6.45, 7) is 2.34. The molecule has 1 saturated heterocycles. The van der Waals surface area contributed by atoms with Gasteiger partial charge in [0.25, 0.3) is 11.1 Å². The maximum absolute atomic E-state index is 13.1. The summed E-state index contributed by atoms with van der Waals surface area (Å²) < 4.78 is 2.21. The number of benzene rings is 3. The Labute approximate surface area is 217 Å². The van der Waals surface area contributed by atoms with Gasteiger partial charge in [0.1, 0.15) is 6.54 Å². The van der Waals surface area contributed by atoms with Crippen molar-refractivity contribution in [3.63, 3.8) is 0 Å². The van der Waals surface area contributed by atoms with Gasteiger partial charge in [0, 0.05) is 39.4 Å². The quantitative estimate of drug-likeness (QED) is 0.305. The van der Waals surface area contributed by atoms with E-state index in [2.05, 4.69) is 28.1 Å². The zero-order valence-corrected chi connectivity index (χ0v) is 21.0. The van der Waals surface area contributed by atoms with Gasteiger partial charge in [-0.25, -0.2) is 0 Å². The van der Waals surface area contributed by atoms with E-state index in [0.29, 0.717) is 22.2 Å². The van der Waals surface area contributed by atoms with Crippen molar-refractivity contribution >= 4 is 63.1 Å². The van der Waals surface area contributed by atoms with Gasteiger partial charge in [0.05, 0.1) is 4.91 Å². The van der Waals surface area contributed by atoms with Crippen LogP contribution in [0.2, 0.25) is 5.02 Å². The number of halogens is 1. The largest absolute Gasteiger partial charge is 0.340 e. The van der Waals surface area contributed by atoms with Crippen LogP contribution in [-0.4, -0.2) is 33.1 Å². The van der Waals surface area contributed by atoms with Crippen molar-refractivity contribution in [2.75, 3.05) is 11.9 Å². The lowest BCUT2D eigenvalue weighted by Gasteiger charge is -2.12. The molecule has 0 aliphatic carbocycles. The van der Waals surface area contributed by atoms with Gasteiger partial charge in [0.15, 0.2) is 0 Å². The number of hydrogen-bond donors (Lipinski definition) is 1. The summed E-state index contributed by atoms with van der Waals surface area (Å²) in [6, 6.07) is 24.8. The first-order valence-corrected chi connectivity index (χ1v) is 12.5. The van der Waals surface area contributed by atoms with Crippen LogP contribution in [0.5, 0.6) is 0 Å². The highest BCUT2D eigenvalue weighted by Gasteiger charge is 2.36. The summed E-state index contributed by atoms with van der Waals surface area (Å²) in [7, 11) is 0. The number of thioether (sulfide) groups is 1. The van der Waals surface area contributed by atoms with Crippen LogP contribution in [0.4, 0.5) is 10.5 Å². The fraction of sp³-hybridized carbons (Fsp3) is 0.107. The van der Waals surface area contributed by atoms with E-state index in [-0.39, 0.29) is 6.54 Å². The molecule has 4 aromatic rings. The Hall–Kier alpha value is -3.81. The molecule has 180 valence electrons. The number of fused-ring (bicyclic) bond motifs is 1. The number of nitrogens with one attached hydrogen (secondary N) is 1. The second-order valence-electron chi connectivity index (χ2n) is 8.41.